The van der Waals surface area contributed by atoms with Gasteiger partial charge in [0.15, 0.2) is 0 Å². The normalized spacial score (nSPS) is 9.67. The van der Waals surface area contributed by atoms with Crippen LogP contribution in [-0.2, 0) is 16.2 Å². The minimum atomic E-state index is -1.22. The highest BCUT2D eigenvalue weighted by molar-refractivity contribution is 5.70. The Morgan fingerprint density at radius 3 is 2.33 bits per heavy atom. The topological polar surface area (TPSA) is 117 Å². The van der Waals surface area contributed by atoms with E-state index in [4.69, 9.17) is 9.47 Å². The Bertz CT molecular complexity index is 716. The van der Waals surface area contributed by atoms with E-state index in [9.17, 15) is 19.7 Å². The fraction of sp³-hybridized carbons (Fsp3) is 0.0667. The van der Waals surface area contributed by atoms with Gasteiger partial charge in [0.1, 0.15) is 12.4 Å². The first kappa shape index (κ1) is 16.7. The van der Waals surface area contributed by atoms with Crippen LogP contribution in [0.2, 0.25) is 0 Å². The van der Waals surface area contributed by atoms with Crippen LogP contribution in [0.4, 0.5) is 15.3 Å². The van der Waals surface area contributed by atoms with E-state index >= 15 is 0 Å². The molecule has 0 heterocycles. The van der Waals surface area contributed by atoms with Crippen molar-refractivity contribution in [3.8, 4) is 5.75 Å². The number of ether oxygens (including phenoxy) is 2. The summed E-state index contributed by atoms with van der Waals surface area (Å²) in [5, 5.41) is 10.5. The molecule has 0 aliphatic carbocycles. The molecule has 0 atom stereocenters. The molecule has 0 fully saturated rings. The van der Waals surface area contributed by atoms with E-state index in [2.05, 4.69) is 4.84 Å². The third-order valence-corrected chi connectivity index (χ3v) is 2.68. The van der Waals surface area contributed by atoms with Gasteiger partial charge in [0.05, 0.1) is 4.92 Å². The third-order valence-electron chi connectivity index (χ3n) is 2.68. The zero-order valence-electron chi connectivity index (χ0n) is 12.2. The van der Waals surface area contributed by atoms with E-state index in [0.29, 0.717) is 0 Å². The Balaban J connectivity index is 1.72. The predicted molar refractivity (Wildman–Crippen MR) is 80.0 cm³/mol. The van der Waals surface area contributed by atoms with Crippen LogP contribution in [0.15, 0.2) is 54.6 Å². The molecule has 24 heavy (non-hydrogen) atoms. The molecular formula is C15H12N2O7. The lowest BCUT2D eigenvalue weighted by atomic mass is 10.2. The fourth-order valence-electron chi connectivity index (χ4n) is 1.59. The molecule has 0 radical (unpaired) electrons. The van der Waals surface area contributed by atoms with Crippen LogP contribution in [0, 0.1) is 10.1 Å². The van der Waals surface area contributed by atoms with Crippen molar-refractivity contribution in [2.24, 2.45) is 0 Å². The Labute approximate surface area is 135 Å². The number of nitrogens with one attached hydrogen (secondary N) is 1. The average molecular weight is 332 g/mol. The zero-order chi connectivity index (χ0) is 17.4. The van der Waals surface area contributed by atoms with Gasteiger partial charge < -0.3 is 14.3 Å². The summed E-state index contributed by atoms with van der Waals surface area (Å²) in [6.45, 7) is 0.00737. The number of amides is 1. The van der Waals surface area contributed by atoms with Gasteiger partial charge in [0.2, 0.25) is 0 Å². The number of carbonyl (C=O) groups excluding carboxylic acids is 2. The van der Waals surface area contributed by atoms with E-state index in [0.717, 1.165) is 17.7 Å². The predicted octanol–water partition coefficient (Wildman–Crippen LogP) is 2.95. The van der Waals surface area contributed by atoms with Gasteiger partial charge in [-0.1, -0.05) is 30.3 Å². The summed E-state index contributed by atoms with van der Waals surface area (Å²) in [4.78, 5) is 37.0. The quantitative estimate of drug-likeness (QED) is 0.396. The van der Waals surface area contributed by atoms with Gasteiger partial charge in [0, 0.05) is 12.1 Å². The molecule has 0 bridgehead atoms. The van der Waals surface area contributed by atoms with Crippen LogP contribution in [-0.4, -0.2) is 17.2 Å². The number of non-ortho nitro benzene ring substituents is 1. The molecule has 124 valence electrons. The average Bonchev–Trinajstić information content (AvgIpc) is 2.59. The van der Waals surface area contributed by atoms with Gasteiger partial charge in [-0.2, -0.15) is 0 Å². The van der Waals surface area contributed by atoms with Crippen molar-refractivity contribution in [3.63, 3.8) is 0 Å². The minimum absolute atomic E-state index is 0.00737. The fourth-order valence-corrected chi connectivity index (χ4v) is 1.59. The smallest absolute Gasteiger partial charge is 0.443 e. The number of nitrogens with zero attached hydrogens (tertiary/aromatic N) is 1. The first-order valence-electron chi connectivity index (χ1n) is 6.64. The van der Waals surface area contributed by atoms with Gasteiger partial charge in [-0.15, -0.1) is 5.48 Å². The molecule has 0 saturated heterocycles. The summed E-state index contributed by atoms with van der Waals surface area (Å²) in [5.41, 5.74) is 2.37. The van der Waals surface area contributed by atoms with Crippen molar-refractivity contribution >= 4 is 17.9 Å². The molecule has 2 aromatic carbocycles. The highest BCUT2D eigenvalue weighted by Gasteiger charge is 2.11. The molecule has 1 amide bonds. The van der Waals surface area contributed by atoms with Gasteiger partial charge in [-0.25, -0.2) is 9.59 Å². The summed E-state index contributed by atoms with van der Waals surface area (Å²) in [7, 11) is 0. The standard InChI is InChI=1S/C15H12N2O7/c18-14(22-10-11-4-2-1-3-5-11)16-24-15(19)23-13-8-6-12(7-9-13)17(20)21/h1-9H,10H2,(H,16,18). The largest absolute Gasteiger partial charge is 0.539 e. The number of hydrogen-bond donors (Lipinski definition) is 1. The monoisotopic (exact) mass is 332 g/mol. The van der Waals surface area contributed by atoms with E-state index in [1.165, 1.54) is 12.1 Å². The maximum atomic E-state index is 11.4. The Morgan fingerprint density at radius 1 is 1.04 bits per heavy atom. The van der Waals surface area contributed by atoms with Crippen LogP contribution in [0.3, 0.4) is 0 Å². The number of nitro benzene ring substituents is 1. The number of hydroxylamine groups is 1. The molecular weight excluding hydrogens is 320 g/mol. The van der Waals surface area contributed by atoms with Gasteiger partial charge in [0.25, 0.3) is 5.69 Å². The van der Waals surface area contributed by atoms with Crippen LogP contribution >= 0.6 is 0 Å². The van der Waals surface area contributed by atoms with Crippen molar-refractivity contribution in [2.45, 2.75) is 6.61 Å². The second kappa shape index (κ2) is 8.13. The third kappa shape index (κ3) is 5.30. The maximum Gasteiger partial charge on any atom is 0.539 e. The van der Waals surface area contributed by atoms with Crippen LogP contribution in [0.1, 0.15) is 5.56 Å². The van der Waals surface area contributed by atoms with E-state index in [1.807, 2.05) is 6.07 Å². The highest BCUT2D eigenvalue weighted by atomic mass is 16.8. The van der Waals surface area contributed by atoms with Gasteiger partial charge in [-0.05, 0) is 17.7 Å². The lowest BCUT2D eigenvalue weighted by Gasteiger charge is -2.07. The first-order valence-corrected chi connectivity index (χ1v) is 6.64. The minimum Gasteiger partial charge on any atom is -0.443 e. The molecule has 9 heteroatoms. The highest BCUT2D eigenvalue weighted by Crippen LogP contribution is 2.17. The molecule has 0 spiro atoms. The van der Waals surface area contributed by atoms with E-state index in [-0.39, 0.29) is 18.0 Å². The van der Waals surface area contributed by atoms with Crippen molar-refractivity contribution in [2.75, 3.05) is 0 Å². The van der Waals surface area contributed by atoms with Crippen LogP contribution in [0.25, 0.3) is 0 Å². The molecule has 0 aliphatic heterocycles. The summed E-state index contributed by atoms with van der Waals surface area (Å²) < 4.78 is 9.52. The molecule has 1 N–H and O–H groups in total. The molecule has 2 rings (SSSR count). The summed E-state index contributed by atoms with van der Waals surface area (Å²) in [6, 6.07) is 13.7. The number of nitro groups is 1. The molecule has 2 aromatic rings. The lowest BCUT2D eigenvalue weighted by molar-refractivity contribution is -0.384. The van der Waals surface area contributed by atoms with Crippen molar-refractivity contribution in [3.05, 3.63) is 70.3 Å². The Hall–Kier alpha value is -3.62. The van der Waals surface area contributed by atoms with Crippen LogP contribution in [0.5, 0.6) is 5.75 Å². The second-order valence-electron chi connectivity index (χ2n) is 4.37. The second-order valence-corrected chi connectivity index (χ2v) is 4.37. The Morgan fingerprint density at radius 2 is 1.71 bits per heavy atom. The molecule has 0 unspecified atom stereocenters. The maximum absolute atomic E-state index is 11.4. The Kier molecular flexibility index (Phi) is 5.67. The zero-order valence-corrected chi connectivity index (χ0v) is 12.2. The first-order chi connectivity index (χ1) is 11.5. The SMILES string of the molecule is O=C(NOC(=O)Oc1ccc([N+](=O)[O-])cc1)OCc1ccccc1. The lowest BCUT2D eigenvalue weighted by Crippen LogP contribution is -2.29. The van der Waals surface area contributed by atoms with Crippen molar-refractivity contribution < 1.29 is 28.8 Å². The molecule has 0 saturated carbocycles. The van der Waals surface area contributed by atoms with Crippen molar-refractivity contribution in [1.29, 1.82) is 0 Å². The van der Waals surface area contributed by atoms with Gasteiger partial charge >= 0.3 is 12.2 Å². The van der Waals surface area contributed by atoms with E-state index < -0.39 is 17.2 Å². The van der Waals surface area contributed by atoms with Gasteiger partial charge in [-0.3, -0.25) is 10.1 Å². The summed E-state index contributed by atoms with van der Waals surface area (Å²) in [6.07, 6.45) is -2.19. The number of carbonyl (C=O) groups is 2. The number of hydrogen-bond acceptors (Lipinski definition) is 7. The number of benzene rings is 2. The molecule has 9 nitrogen and oxygen atoms in total. The summed E-state index contributed by atoms with van der Waals surface area (Å²) in [5.74, 6) is 0.0186. The summed E-state index contributed by atoms with van der Waals surface area (Å²) >= 11 is 0. The number of rotatable bonds is 4. The van der Waals surface area contributed by atoms with Crippen LogP contribution < -0.4 is 10.2 Å². The molecule has 0 aromatic heterocycles. The molecule has 0 aliphatic rings. The van der Waals surface area contributed by atoms with E-state index in [1.54, 1.807) is 29.7 Å². The van der Waals surface area contributed by atoms with Crippen molar-refractivity contribution in [1.82, 2.24) is 5.48 Å².